The van der Waals surface area contributed by atoms with Crippen LogP contribution in [0.5, 0.6) is 5.75 Å². The Morgan fingerprint density at radius 3 is 2.12 bits per heavy atom. The van der Waals surface area contributed by atoms with Gasteiger partial charge in [0.1, 0.15) is 11.8 Å². The first kappa shape index (κ1) is 22.6. The van der Waals surface area contributed by atoms with Crippen LogP contribution in [-0.4, -0.2) is 62.1 Å². The first-order valence-corrected chi connectivity index (χ1v) is 11.0. The van der Waals surface area contributed by atoms with Crippen molar-refractivity contribution in [3.63, 3.8) is 0 Å². The maximum absolute atomic E-state index is 13.2. The number of carbonyl (C=O) groups excluding carboxylic acids is 2. The molecule has 170 valence electrons. The summed E-state index contributed by atoms with van der Waals surface area (Å²) in [5.74, 6) is 0.511. The fourth-order valence-electron chi connectivity index (χ4n) is 4.22. The van der Waals surface area contributed by atoms with Gasteiger partial charge in [-0.05, 0) is 41.0 Å². The van der Waals surface area contributed by atoms with E-state index in [4.69, 9.17) is 9.47 Å². The number of ether oxygens (including phenoxy) is 2. The summed E-state index contributed by atoms with van der Waals surface area (Å²) in [5, 5.41) is 0. The highest BCUT2D eigenvalue weighted by atomic mass is 16.5. The zero-order valence-corrected chi connectivity index (χ0v) is 18.9. The molecule has 1 heterocycles. The number of rotatable bonds is 6. The Bertz CT molecular complexity index is 1090. The lowest BCUT2D eigenvalue weighted by molar-refractivity contribution is -0.148. The molecule has 0 bridgehead atoms. The van der Waals surface area contributed by atoms with Gasteiger partial charge < -0.3 is 14.4 Å². The number of amides is 1. The molecule has 1 saturated heterocycles. The number of piperazine rings is 1. The van der Waals surface area contributed by atoms with Crippen LogP contribution < -0.4 is 4.74 Å². The summed E-state index contributed by atoms with van der Waals surface area (Å²) in [6, 6.07) is 24.6. The lowest BCUT2D eigenvalue weighted by atomic mass is 10.0. The molecule has 1 fully saturated rings. The minimum Gasteiger partial charge on any atom is -0.497 e. The summed E-state index contributed by atoms with van der Waals surface area (Å²) >= 11 is 0. The van der Waals surface area contributed by atoms with E-state index in [1.54, 1.807) is 7.11 Å². The molecule has 0 spiro atoms. The van der Waals surface area contributed by atoms with Gasteiger partial charge in [0.25, 0.3) is 5.91 Å². The molecule has 0 aromatic heterocycles. The smallest absolute Gasteiger partial charge is 0.327 e. The van der Waals surface area contributed by atoms with Gasteiger partial charge in [-0.3, -0.25) is 9.69 Å². The summed E-state index contributed by atoms with van der Waals surface area (Å²) in [4.78, 5) is 29.7. The number of hydrogen-bond donors (Lipinski definition) is 0. The van der Waals surface area contributed by atoms with Gasteiger partial charge in [-0.15, -0.1) is 0 Å². The van der Waals surface area contributed by atoms with Crippen LogP contribution in [0.1, 0.15) is 22.0 Å². The van der Waals surface area contributed by atoms with E-state index < -0.39 is 6.04 Å². The van der Waals surface area contributed by atoms with Crippen molar-refractivity contribution in [1.29, 1.82) is 0 Å². The van der Waals surface area contributed by atoms with Crippen molar-refractivity contribution in [1.82, 2.24) is 9.80 Å². The largest absolute Gasteiger partial charge is 0.497 e. The Kier molecular flexibility index (Phi) is 7.05. The minimum absolute atomic E-state index is 0.000610. The molecule has 0 radical (unpaired) electrons. The third kappa shape index (κ3) is 5.07. The van der Waals surface area contributed by atoms with E-state index in [1.165, 1.54) is 7.11 Å². The van der Waals surface area contributed by atoms with Crippen molar-refractivity contribution in [2.24, 2.45) is 0 Å². The van der Waals surface area contributed by atoms with E-state index in [2.05, 4.69) is 4.90 Å². The summed E-state index contributed by atoms with van der Waals surface area (Å²) in [6.45, 7) is 2.29. The summed E-state index contributed by atoms with van der Waals surface area (Å²) in [5.41, 5.74) is 3.57. The van der Waals surface area contributed by atoms with Gasteiger partial charge in [0.05, 0.1) is 14.2 Å². The Morgan fingerprint density at radius 2 is 1.48 bits per heavy atom. The van der Waals surface area contributed by atoms with Crippen LogP contribution in [0.25, 0.3) is 11.1 Å². The molecule has 3 aromatic carbocycles. The van der Waals surface area contributed by atoms with E-state index in [0.29, 0.717) is 31.7 Å². The number of carbonyl (C=O) groups is 2. The summed E-state index contributed by atoms with van der Waals surface area (Å²) in [6.07, 6.45) is 0. The van der Waals surface area contributed by atoms with E-state index in [-0.39, 0.29) is 11.9 Å². The van der Waals surface area contributed by atoms with Gasteiger partial charge in [0.2, 0.25) is 0 Å². The Balaban J connectivity index is 1.45. The number of methoxy groups -OCH3 is 2. The van der Waals surface area contributed by atoms with Crippen LogP contribution >= 0.6 is 0 Å². The number of hydrogen-bond acceptors (Lipinski definition) is 5. The van der Waals surface area contributed by atoms with E-state index >= 15 is 0 Å². The highest BCUT2D eigenvalue weighted by Crippen LogP contribution is 2.26. The highest BCUT2D eigenvalue weighted by Gasteiger charge is 2.32. The van der Waals surface area contributed by atoms with Gasteiger partial charge >= 0.3 is 5.97 Å². The highest BCUT2D eigenvalue weighted by molar-refractivity contribution is 5.95. The average Bonchev–Trinajstić information content (AvgIpc) is 2.89. The second kappa shape index (κ2) is 10.3. The van der Waals surface area contributed by atoms with Crippen LogP contribution in [0.15, 0.2) is 78.9 Å². The van der Waals surface area contributed by atoms with Crippen molar-refractivity contribution in [2.45, 2.75) is 6.04 Å². The molecule has 6 nitrogen and oxygen atoms in total. The molecule has 1 atom stereocenters. The van der Waals surface area contributed by atoms with Crippen molar-refractivity contribution in [2.75, 3.05) is 40.4 Å². The Hall–Kier alpha value is -3.64. The number of esters is 1. The first-order valence-electron chi connectivity index (χ1n) is 11.0. The fraction of sp³-hybridized carbons (Fsp3) is 0.259. The maximum atomic E-state index is 13.2. The SMILES string of the molecule is COC(=O)C(c1ccccc1)N1CCN(C(=O)c2cccc(-c3ccc(OC)cc3)c2)CC1. The molecular formula is C27H28N2O4. The topological polar surface area (TPSA) is 59.1 Å². The summed E-state index contributed by atoms with van der Waals surface area (Å²) < 4.78 is 10.3. The Morgan fingerprint density at radius 1 is 0.788 bits per heavy atom. The van der Waals surface area contributed by atoms with Crippen LogP contribution in [0.4, 0.5) is 0 Å². The van der Waals surface area contributed by atoms with Crippen LogP contribution in [0.2, 0.25) is 0 Å². The molecule has 1 amide bonds. The molecule has 1 unspecified atom stereocenters. The second-order valence-corrected chi connectivity index (χ2v) is 7.97. The van der Waals surface area contributed by atoms with Gasteiger partial charge in [0, 0.05) is 31.7 Å². The number of nitrogens with zero attached hydrogens (tertiary/aromatic N) is 2. The summed E-state index contributed by atoms with van der Waals surface area (Å²) in [7, 11) is 3.05. The third-order valence-corrected chi connectivity index (χ3v) is 6.04. The lowest BCUT2D eigenvalue weighted by Crippen LogP contribution is -2.51. The van der Waals surface area contributed by atoms with Gasteiger partial charge in [-0.1, -0.05) is 54.6 Å². The molecule has 3 aromatic rings. The average molecular weight is 445 g/mol. The molecule has 1 aliphatic rings. The Labute approximate surface area is 194 Å². The zero-order chi connectivity index (χ0) is 23.2. The normalized spacial score (nSPS) is 15.0. The third-order valence-electron chi connectivity index (χ3n) is 6.04. The molecule has 33 heavy (non-hydrogen) atoms. The van der Waals surface area contributed by atoms with E-state index in [0.717, 1.165) is 22.4 Å². The quantitative estimate of drug-likeness (QED) is 0.537. The maximum Gasteiger partial charge on any atom is 0.327 e. The predicted molar refractivity (Wildman–Crippen MR) is 127 cm³/mol. The second-order valence-electron chi connectivity index (χ2n) is 7.97. The van der Waals surface area contributed by atoms with Crippen molar-refractivity contribution >= 4 is 11.9 Å². The van der Waals surface area contributed by atoms with Crippen molar-refractivity contribution < 1.29 is 19.1 Å². The van der Waals surface area contributed by atoms with Gasteiger partial charge in [0.15, 0.2) is 0 Å². The predicted octanol–water partition coefficient (Wildman–Crippen LogP) is 4.03. The molecular weight excluding hydrogens is 416 g/mol. The standard InChI is InChI=1S/C27H28N2O4/c1-32-24-13-11-20(12-14-24)22-9-6-10-23(19-22)26(30)29-17-15-28(16-18-29)25(27(31)33-2)21-7-4-3-5-8-21/h3-14,19,25H,15-18H2,1-2H3. The zero-order valence-electron chi connectivity index (χ0n) is 18.9. The molecule has 0 saturated carbocycles. The molecule has 0 N–H and O–H groups in total. The van der Waals surface area contributed by atoms with E-state index in [1.807, 2.05) is 83.8 Å². The molecule has 1 aliphatic heterocycles. The van der Waals surface area contributed by atoms with Crippen LogP contribution in [0, 0.1) is 0 Å². The molecule has 4 rings (SSSR count). The fourth-order valence-corrected chi connectivity index (χ4v) is 4.22. The molecule has 6 heteroatoms. The first-order chi connectivity index (χ1) is 16.1. The van der Waals surface area contributed by atoms with Crippen molar-refractivity contribution in [3.05, 3.63) is 90.0 Å². The van der Waals surface area contributed by atoms with E-state index in [9.17, 15) is 9.59 Å². The number of benzene rings is 3. The van der Waals surface area contributed by atoms with Gasteiger partial charge in [-0.2, -0.15) is 0 Å². The van der Waals surface area contributed by atoms with Crippen LogP contribution in [0.3, 0.4) is 0 Å². The van der Waals surface area contributed by atoms with Gasteiger partial charge in [-0.25, -0.2) is 4.79 Å². The minimum atomic E-state index is -0.466. The monoisotopic (exact) mass is 444 g/mol. The van der Waals surface area contributed by atoms with Crippen molar-refractivity contribution in [3.8, 4) is 16.9 Å². The lowest BCUT2D eigenvalue weighted by Gasteiger charge is -2.38. The molecule has 0 aliphatic carbocycles. The van der Waals surface area contributed by atoms with Crippen LogP contribution in [-0.2, 0) is 9.53 Å².